The number of carbonyl (C=O) groups excluding carboxylic acids is 2. The zero-order valence-electron chi connectivity index (χ0n) is 20.8. The highest BCUT2D eigenvalue weighted by Gasteiger charge is 2.63. The lowest BCUT2D eigenvalue weighted by molar-refractivity contribution is -0.326. The number of carbonyl (C=O) groups is 2. The van der Waals surface area contributed by atoms with Gasteiger partial charge in [0.25, 0.3) is 0 Å². The molecule has 3 aromatic carbocycles. The summed E-state index contributed by atoms with van der Waals surface area (Å²) in [6, 6.07) is 22.2. The quantitative estimate of drug-likeness (QED) is 0.226. The lowest BCUT2D eigenvalue weighted by atomic mass is 10.0. The van der Waals surface area contributed by atoms with Crippen molar-refractivity contribution < 1.29 is 59.0 Å². The topological polar surface area (TPSA) is 124 Å². The predicted molar refractivity (Wildman–Crippen MR) is 131 cm³/mol. The number of esters is 2. The summed E-state index contributed by atoms with van der Waals surface area (Å²) < 4.78 is 96.8. The molecule has 3 aromatic rings. The highest BCUT2D eigenvalue weighted by molar-refractivity contribution is 7.87. The van der Waals surface area contributed by atoms with Crippen molar-refractivity contribution in [3.63, 3.8) is 0 Å². The molecule has 5 atom stereocenters. The first-order valence-corrected chi connectivity index (χ1v) is 13.5. The van der Waals surface area contributed by atoms with Gasteiger partial charge in [-0.25, -0.2) is 9.59 Å². The molecule has 5 rings (SSSR count). The Morgan fingerprint density at radius 3 is 1.83 bits per heavy atom. The molecule has 2 aliphatic rings. The Bertz CT molecular complexity index is 1490. The molecule has 0 aliphatic carbocycles. The summed E-state index contributed by atoms with van der Waals surface area (Å²) in [6.45, 7) is -0.452. The first-order chi connectivity index (χ1) is 19.5. The number of hydrogen-bond acceptors (Lipinski definition) is 10. The Labute approximate surface area is 231 Å². The number of ether oxygens (including phenoxy) is 5. The van der Waals surface area contributed by atoms with Crippen molar-refractivity contribution in [2.45, 2.75) is 36.1 Å². The van der Waals surface area contributed by atoms with Crippen molar-refractivity contribution in [1.29, 1.82) is 0 Å². The number of alkyl halides is 3. The monoisotopic (exact) mass is 594 g/mol. The Morgan fingerprint density at radius 2 is 1.29 bits per heavy atom. The van der Waals surface area contributed by atoms with Crippen LogP contribution in [0.4, 0.5) is 13.2 Å². The molecule has 0 radical (unpaired) electrons. The van der Waals surface area contributed by atoms with E-state index in [0.29, 0.717) is 0 Å². The standard InChI is InChI=1S/C27H21F3O10S/c28-27(29,30)41(33,34)40-26(19-14-8-3-9-15-19)38-22-21(37-24(32)18-12-6-2-7-13-18)20(16-35-25(22)39-26)36-23(31)17-10-4-1-5-11-17/h1-15,20-22,25H,16H2/t20-,21+,22-,25-,26?/m1/s1. The van der Waals surface area contributed by atoms with Crippen LogP contribution in [0.3, 0.4) is 0 Å². The van der Waals surface area contributed by atoms with Gasteiger partial charge >= 0.3 is 33.5 Å². The largest absolute Gasteiger partial charge is 0.523 e. The van der Waals surface area contributed by atoms with Crippen molar-refractivity contribution in [1.82, 2.24) is 0 Å². The summed E-state index contributed by atoms with van der Waals surface area (Å²) in [5.74, 6) is -4.69. The van der Waals surface area contributed by atoms with Crippen LogP contribution in [0.1, 0.15) is 26.3 Å². The van der Waals surface area contributed by atoms with Crippen LogP contribution in [0.25, 0.3) is 0 Å². The van der Waals surface area contributed by atoms with Crippen LogP contribution in [0, 0.1) is 0 Å². The molecule has 2 fully saturated rings. The minimum Gasteiger partial charge on any atom is -0.452 e. The van der Waals surface area contributed by atoms with Crippen LogP contribution in [0.2, 0.25) is 0 Å². The minimum atomic E-state index is -6.28. The van der Waals surface area contributed by atoms with Gasteiger partial charge in [0.1, 0.15) is 0 Å². The molecule has 2 aliphatic heterocycles. The summed E-state index contributed by atoms with van der Waals surface area (Å²) in [6.07, 6.45) is -6.07. The first-order valence-electron chi connectivity index (χ1n) is 12.1. The molecular formula is C27H21F3O10S. The number of hydrogen-bond donors (Lipinski definition) is 0. The number of rotatable bonds is 7. The van der Waals surface area contributed by atoms with Crippen LogP contribution >= 0.6 is 0 Å². The predicted octanol–water partition coefficient (Wildman–Crippen LogP) is 3.89. The van der Waals surface area contributed by atoms with Crippen LogP contribution < -0.4 is 0 Å². The van der Waals surface area contributed by atoms with Crippen molar-refractivity contribution in [2.24, 2.45) is 0 Å². The highest BCUT2D eigenvalue weighted by Crippen LogP contribution is 2.46. The summed E-state index contributed by atoms with van der Waals surface area (Å²) in [5.41, 5.74) is -5.84. The fourth-order valence-corrected chi connectivity index (χ4v) is 4.73. The molecule has 0 bridgehead atoms. The minimum absolute atomic E-state index is 0.104. The van der Waals surface area contributed by atoms with Gasteiger partial charge in [0.2, 0.25) is 0 Å². The SMILES string of the molecule is O=C(O[C@@H]1[C@H]2OC(OS(=O)(=O)C(F)(F)F)(c3ccccc3)O[C@H]2OC[C@H]1OC(=O)c1ccccc1)c1ccccc1. The lowest BCUT2D eigenvalue weighted by Crippen LogP contribution is -2.55. The van der Waals surface area contributed by atoms with Crippen molar-refractivity contribution >= 4 is 22.1 Å². The van der Waals surface area contributed by atoms with Gasteiger partial charge in [-0.3, -0.25) is 4.74 Å². The van der Waals surface area contributed by atoms with Gasteiger partial charge in [0.15, 0.2) is 24.6 Å². The summed E-state index contributed by atoms with van der Waals surface area (Å²) in [7, 11) is -6.28. The Kier molecular flexibility index (Phi) is 7.85. The second-order valence-electron chi connectivity index (χ2n) is 8.85. The van der Waals surface area contributed by atoms with E-state index in [1.165, 1.54) is 54.6 Å². The Morgan fingerprint density at radius 1 is 0.780 bits per heavy atom. The summed E-state index contributed by atoms with van der Waals surface area (Å²) >= 11 is 0. The molecule has 0 N–H and O–H groups in total. The second-order valence-corrected chi connectivity index (χ2v) is 10.4. The third-order valence-electron chi connectivity index (χ3n) is 6.10. The Hall–Kier alpha value is -3.82. The average molecular weight is 595 g/mol. The smallest absolute Gasteiger partial charge is 0.452 e. The molecule has 1 unspecified atom stereocenters. The molecule has 216 valence electrons. The molecule has 41 heavy (non-hydrogen) atoms. The molecule has 0 aromatic heterocycles. The van der Waals surface area contributed by atoms with Crippen molar-refractivity contribution in [3.05, 3.63) is 108 Å². The molecule has 0 amide bonds. The van der Waals surface area contributed by atoms with Crippen molar-refractivity contribution in [2.75, 3.05) is 6.61 Å². The van der Waals surface area contributed by atoms with E-state index in [2.05, 4.69) is 4.18 Å². The molecule has 2 saturated heterocycles. The van der Waals surface area contributed by atoms with Gasteiger partial charge in [-0.05, 0) is 24.3 Å². The maximum Gasteiger partial charge on any atom is 0.523 e. The third-order valence-corrected chi connectivity index (χ3v) is 7.10. The van der Waals surface area contributed by atoms with E-state index < -0.39 is 64.7 Å². The van der Waals surface area contributed by atoms with Crippen LogP contribution in [-0.2, 0) is 44.0 Å². The van der Waals surface area contributed by atoms with Gasteiger partial charge in [-0.1, -0.05) is 66.7 Å². The van der Waals surface area contributed by atoms with E-state index in [0.717, 1.165) is 0 Å². The zero-order chi connectivity index (χ0) is 29.3. The fourth-order valence-electron chi connectivity index (χ4n) is 4.18. The fraction of sp³-hybridized carbons (Fsp3) is 0.259. The first kappa shape index (κ1) is 28.7. The molecule has 10 nitrogen and oxygen atoms in total. The number of fused-ring (bicyclic) bond motifs is 1. The van der Waals surface area contributed by atoms with Gasteiger partial charge in [-0.2, -0.15) is 25.8 Å². The van der Waals surface area contributed by atoms with Crippen LogP contribution in [-0.4, -0.2) is 57.1 Å². The lowest BCUT2D eigenvalue weighted by Gasteiger charge is -2.36. The van der Waals surface area contributed by atoms with E-state index >= 15 is 0 Å². The highest BCUT2D eigenvalue weighted by atomic mass is 32.2. The maximum absolute atomic E-state index is 13.4. The summed E-state index contributed by atoms with van der Waals surface area (Å²) in [5, 5.41) is 0. The average Bonchev–Trinajstić information content (AvgIpc) is 3.34. The van der Waals surface area contributed by atoms with Crippen molar-refractivity contribution in [3.8, 4) is 0 Å². The third kappa shape index (κ3) is 5.96. The van der Waals surface area contributed by atoms with Crippen LogP contribution in [0.15, 0.2) is 91.0 Å². The molecule has 2 heterocycles. The van der Waals surface area contributed by atoms with E-state index in [-0.39, 0.29) is 16.7 Å². The maximum atomic E-state index is 13.4. The van der Waals surface area contributed by atoms with Crippen LogP contribution in [0.5, 0.6) is 0 Å². The Balaban J connectivity index is 1.50. The second kappa shape index (κ2) is 11.2. The molecular weight excluding hydrogens is 573 g/mol. The summed E-state index contributed by atoms with van der Waals surface area (Å²) in [4.78, 5) is 25.9. The van der Waals surface area contributed by atoms with E-state index in [1.54, 1.807) is 36.4 Å². The van der Waals surface area contributed by atoms with Gasteiger partial charge in [0.05, 0.1) is 17.7 Å². The zero-order valence-corrected chi connectivity index (χ0v) is 21.6. The normalized spacial score (nSPS) is 26.1. The molecule has 14 heteroatoms. The van der Waals surface area contributed by atoms with Gasteiger partial charge in [0, 0.05) is 5.56 Å². The number of benzene rings is 3. The molecule has 0 saturated carbocycles. The van der Waals surface area contributed by atoms with E-state index in [1.807, 2.05) is 0 Å². The van der Waals surface area contributed by atoms with E-state index in [4.69, 9.17) is 23.7 Å². The number of halogens is 3. The van der Waals surface area contributed by atoms with E-state index in [9.17, 15) is 31.2 Å². The van der Waals surface area contributed by atoms with Gasteiger partial charge < -0.3 is 18.9 Å². The van der Waals surface area contributed by atoms with Gasteiger partial charge in [-0.15, -0.1) is 0 Å². The molecule has 0 spiro atoms.